The number of rotatable bonds is 4. The predicted molar refractivity (Wildman–Crippen MR) is 81.0 cm³/mol. The van der Waals surface area contributed by atoms with Gasteiger partial charge in [-0.15, -0.1) is 0 Å². The molecule has 0 atom stereocenters. The second-order valence-corrected chi connectivity index (χ2v) is 4.61. The average Bonchev–Trinajstić information content (AvgIpc) is 2.94. The highest BCUT2D eigenvalue weighted by atomic mass is 35.5. The van der Waals surface area contributed by atoms with Crippen LogP contribution in [0.4, 0.5) is 0 Å². The Balaban J connectivity index is 2.38. The molecule has 2 aromatic rings. The number of hydrogen-bond acceptors (Lipinski definition) is 3. The molecule has 1 heterocycles. The van der Waals surface area contributed by atoms with Gasteiger partial charge < -0.3 is 9.30 Å². The van der Waals surface area contributed by atoms with Crippen LogP contribution in [0, 0.1) is 11.3 Å². The van der Waals surface area contributed by atoms with E-state index < -0.39 is 5.97 Å². The molecular weight excluding hydrogens is 288 g/mol. The number of ether oxygens (including phenoxy) is 1. The predicted octanol–water partition coefficient (Wildman–Crippen LogP) is 3.60. The quantitative estimate of drug-likeness (QED) is 0.492. The molecule has 1 aromatic heterocycles. The molecule has 1 aromatic carbocycles. The fraction of sp³-hybridized carbons (Fsp3) is 0.125. The van der Waals surface area contributed by atoms with E-state index in [1.54, 1.807) is 19.1 Å². The van der Waals surface area contributed by atoms with Crippen molar-refractivity contribution in [1.82, 2.24) is 4.57 Å². The van der Waals surface area contributed by atoms with Crippen LogP contribution in [0.15, 0.2) is 48.2 Å². The van der Waals surface area contributed by atoms with E-state index in [1.165, 1.54) is 6.08 Å². The first-order chi connectivity index (χ1) is 10.2. The minimum atomic E-state index is -0.621. The molecule has 0 saturated carbocycles. The number of esters is 1. The Hall–Kier alpha value is -2.51. The smallest absolute Gasteiger partial charge is 0.348 e. The van der Waals surface area contributed by atoms with Gasteiger partial charge in [-0.1, -0.05) is 11.6 Å². The molecule has 0 N–H and O–H groups in total. The van der Waals surface area contributed by atoms with E-state index in [0.717, 1.165) is 5.69 Å². The lowest BCUT2D eigenvalue weighted by molar-refractivity contribution is -0.137. The van der Waals surface area contributed by atoms with Gasteiger partial charge in [0.05, 0.1) is 6.61 Å². The monoisotopic (exact) mass is 300 g/mol. The second-order valence-electron chi connectivity index (χ2n) is 4.17. The van der Waals surface area contributed by atoms with E-state index in [9.17, 15) is 4.79 Å². The zero-order valence-electron chi connectivity index (χ0n) is 11.4. The van der Waals surface area contributed by atoms with E-state index in [0.29, 0.717) is 10.7 Å². The molecule has 0 aliphatic heterocycles. The molecule has 106 valence electrons. The third kappa shape index (κ3) is 3.53. The lowest BCUT2D eigenvalue weighted by Gasteiger charge is -2.07. The number of nitriles is 1. The Morgan fingerprint density at radius 2 is 2.10 bits per heavy atom. The summed E-state index contributed by atoms with van der Waals surface area (Å²) in [6, 6.07) is 12.8. The van der Waals surface area contributed by atoms with Crippen molar-refractivity contribution in [2.75, 3.05) is 6.61 Å². The van der Waals surface area contributed by atoms with Crippen LogP contribution in [0.25, 0.3) is 11.8 Å². The van der Waals surface area contributed by atoms with Gasteiger partial charge in [-0.2, -0.15) is 5.26 Å². The number of hydrogen-bond donors (Lipinski definition) is 0. The summed E-state index contributed by atoms with van der Waals surface area (Å²) in [6.07, 6.45) is 3.35. The summed E-state index contributed by atoms with van der Waals surface area (Å²) in [4.78, 5) is 11.7. The maximum absolute atomic E-state index is 11.7. The molecular formula is C16H13ClN2O2. The molecule has 0 unspecified atom stereocenters. The van der Waals surface area contributed by atoms with Crippen LogP contribution >= 0.6 is 11.6 Å². The van der Waals surface area contributed by atoms with E-state index in [1.807, 2.05) is 41.1 Å². The van der Waals surface area contributed by atoms with Crippen LogP contribution < -0.4 is 0 Å². The van der Waals surface area contributed by atoms with E-state index in [-0.39, 0.29) is 12.2 Å². The molecule has 0 spiro atoms. The first kappa shape index (κ1) is 14.9. The van der Waals surface area contributed by atoms with E-state index in [4.69, 9.17) is 21.6 Å². The van der Waals surface area contributed by atoms with Crippen LogP contribution in [0.3, 0.4) is 0 Å². The molecule has 2 rings (SSSR count). The van der Waals surface area contributed by atoms with Gasteiger partial charge in [0, 0.05) is 22.6 Å². The molecule has 0 saturated heterocycles. The molecule has 0 fully saturated rings. The molecule has 4 nitrogen and oxygen atoms in total. The summed E-state index contributed by atoms with van der Waals surface area (Å²) in [7, 11) is 0. The number of aromatic nitrogens is 1. The van der Waals surface area contributed by atoms with Crippen molar-refractivity contribution >= 4 is 23.6 Å². The summed E-state index contributed by atoms with van der Waals surface area (Å²) < 4.78 is 6.70. The first-order valence-electron chi connectivity index (χ1n) is 6.38. The fourth-order valence-electron chi connectivity index (χ4n) is 1.84. The molecule has 0 bridgehead atoms. The second kappa shape index (κ2) is 6.78. The third-order valence-corrected chi connectivity index (χ3v) is 3.05. The van der Waals surface area contributed by atoms with Crippen molar-refractivity contribution in [1.29, 1.82) is 5.26 Å². The zero-order chi connectivity index (χ0) is 15.2. The van der Waals surface area contributed by atoms with Crippen molar-refractivity contribution in [2.24, 2.45) is 0 Å². The van der Waals surface area contributed by atoms with Crippen LogP contribution in [0.1, 0.15) is 12.6 Å². The summed E-state index contributed by atoms with van der Waals surface area (Å²) in [5.41, 5.74) is 1.56. The first-order valence-corrected chi connectivity index (χ1v) is 6.75. The van der Waals surface area contributed by atoms with E-state index in [2.05, 4.69) is 0 Å². The molecule has 0 aliphatic carbocycles. The average molecular weight is 301 g/mol. The van der Waals surface area contributed by atoms with Gasteiger partial charge >= 0.3 is 5.97 Å². The minimum Gasteiger partial charge on any atom is -0.462 e. The summed E-state index contributed by atoms with van der Waals surface area (Å²) in [5.74, 6) is -0.621. The standard InChI is InChI=1S/C16H13ClN2O2/c1-2-21-16(20)12(11-18)10-15-4-3-9-19(15)14-7-5-13(17)6-8-14/h3-10H,2H2,1H3. The van der Waals surface area contributed by atoms with Gasteiger partial charge in [0.25, 0.3) is 0 Å². The number of benzene rings is 1. The number of halogens is 1. The topological polar surface area (TPSA) is 55.0 Å². The van der Waals surface area contributed by atoms with Gasteiger partial charge in [0.2, 0.25) is 0 Å². The van der Waals surface area contributed by atoms with Crippen molar-refractivity contribution in [3.05, 3.63) is 58.9 Å². The SMILES string of the molecule is CCOC(=O)C(C#N)=Cc1cccn1-c1ccc(Cl)cc1. The molecule has 21 heavy (non-hydrogen) atoms. The lowest BCUT2D eigenvalue weighted by atomic mass is 10.2. The number of carbonyl (C=O) groups excluding carboxylic acids is 1. The van der Waals surface area contributed by atoms with Gasteiger partial charge in [0.1, 0.15) is 11.6 Å². The minimum absolute atomic E-state index is 0.0363. The molecule has 0 amide bonds. The van der Waals surface area contributed by atoms with Crippen molar-refractivity contribution in [2.45, 2.75) is 6.92 Å². The number of carbonyl (C=O) groups is 1. The van der Waals surface area contributed by atoms with Crippen molar-refractivity contribution in [3.63, 3.8) is 0 Å². The van der Waals surface area contributed by atoms with Crippen LogP contribution in [0.5, 0.6) is 0 Å². The highest BCUT2D eigenvalue weighted by molar-refractivity contribution is 6.30. The normalized spacial score (nSPS) is 11.0. The maximum Gasteiger partial charge on any atom is 0.348 e. The molecule has 0 aliphatic rings. The largest absolute Gasteiger partial charge is 0.462 e. The van der Waals surface area contributed by atoms with Crippen molar-refractivity contribution in [3.8, 4) is 11.8 Å². The van der Waals surface area contributed by atoms with Gasteiger partial charge in [-0.05, 0) is 49.4 Å². The highest BCUT2D eigenvalue weighted by Gasteiger charge is 2.11. The van der Waals surface area contributed by atoms with Crippen LogP contribution in [0.2, 0.25) is 5.02 Å². The fourth-order valence-corrected chi connectivity index (χ4v) is 1.97. The van der Waals surface area contributed by atoms with Crippen molar-refractivity contribution < 1.29 is 9.53 Å². The lowest BCUT2D eigenvalue weighted by Crippen LogP contribution is -2.06. The Kier molecular flexibility index (Phi) is 4.81. The summed E-state index contributed by atoms with van der Waals surface area (Å²) in [6.45, 7) is 1.93. The zero-order valence-corrected chi connectivity index (χ0v) is 12.2. The van der Waals surface area contributed by atoms with Gasteiger partial charge in [0.15, 0.2) is 0 Å². The Bertz CT molecular complexity index is 709. The van der Waals surface area contributed by atoms with Crippen LogP contribution in [-0.4, -0.2) is 17.1 Å². The number of nitrogens with zero attached hydrogens (tertiary/aromatic N) is 2. The molecule has 0 radical (unpaired) electrons. The maximum atomic E-state index is 11.7. The van der Waals surface area contributed by atoms with Gasteiger partial charge in [-0.25, -0.2) is 4.79 Å². The summed E-state index contributed by atoms with van der Waals surface area (Å²) >= 11 is 5.87. The molecule has 5 heteroatoms. The Labute approximate surface area is 127 Å². The van der Waals surface area contributed by atoms with E-state index >= 15 is 0 Å². The third-order valence-electron chi connectivity index (χ3n) is 2.79. The Morgan fingerprint density at radius 3 is 2.71 bits per heavy atom. The van der Waals surface area contributed by atoms with Crippen LogP contribution in [-0.2, 0) is 9.53 Å². The highest BCUT2D eigenvalue weighted by Crippen LogP contribution is 2.18. The summed E-state index contributed by atoms with van der Waals surface area (Å²) in [5, 5.41) is 9.72. The Morgan fingerprint density at radius 1 is 1.38 bits per heavy atom. The van der Waals surface area contributed by atoms with Gasteiger partial charge in [-0.3, -0.25) is 0 Å².